The Hall–Kier alpha value is -2.24. The van der Waals surface area contributed by atoms with E-state index in [2.05, 4.69) is 15.4 Å². The van der Waals surface area contributed by atoms with Crippen LogP contribution < -0.4 is 9.46 Å². The summed E-state index contributed by atoms with van der Waals surface area (Å²) in [5, 5.41) is 11.2. The minimum absolute atomic E-state index is 0.0523. The van der Waals surface area contributed by atoms with E-state index in [-0.39, 0.29) is 28.9 Å². The molecule has 0 unspecified atom stereocenters. The number of halogens is 1. The van der Waals surface area contributed by atoms with E-state index < -0.39 is 22.5 Å². The normalized spacial score (nSPS) is 11.3. The fourth-order valence-corrected chi connectivity index (χ4v) is 3.19. The van der Waals surface area contributed by atoms with E-state index in [0.29, 0.717) is 5.82 Å². The molecule has 0 radical (unpaired) electrons. The van der Waals surface area contributed by atoms with E-state index >= 15 is 0 Å². The zero-order valence-corrected chi connectivity index (χ0v) is 15.0. The summed E-state index contributed by atoms with van der Waals surface area (Å²) in [6.45, 7) is 1.59. The Morgan fingerprint density at radius 2 is 2.12 bits per heavy atom. The molecule has 12 heteroatoms. The molecular weight excluding hydrogens is 374 g/mol. The number of hydrogen-bond acceptors (Lipinski definition) is 8. The monoisotopic (exact) mass is 389 g/mol. The molecule has 1 heterocycles. The lowest BCUT2D eigenvalue weighted by molar-refractivity contribution is -0.120. The molecule has 0 fully saturated rings. The van der Waals surface area contributed by atoms with Gasteiger partial charge in [0.15, 0.2) is 5.82 Å². The zero-order chi connectivity index (χ0) is 18.4. The highest BCUT2D eigenvalue weighted by Gasteiger charge is 2.23. The Labute approximate surface area is 149 Å². The van der Waals surface area contributed by atoms with Crippen LogP contribution in [0.15, 0.2) is 23.1 Å². The Bertz CT molecular complexity index is 854. The molecule has 0 saturated heterocycles. The summed E-state index contributed by atoms with van der Waals surface area (Å²) in [5.41, 5.74) is 0. The van der Waals surface area contributed by atoms with Gasteiger partial charge in [0, 0.05) is 12.1 Å². The second-order valence-corrected chi connectivity index (χ2v) is 6.92. The molecule has 0 aliphatic rings. The lowest BCUT2D eigenvalue weighted by atomic mass is 10.3. The Kier molecular flexibility index (Phi) is 6.28. The number of hydrogen-bond donors (Lipinski definition) is 1. The van der Waals surface area contributed by atoms with Crippen molar-refractivity contribution in [2.45, 2.75) is 18.4 Å². The highest BCUT2D eigenvalue weighted by atomic mass is 35.5. The van der Waals surface area contributed by atoms with Crippen LogP contribution in [0, 0.1) is 6.92 Å². The van der Waals surface area contributed by atoms with Crippen LogP contribution in [0.25, 0.3) is 0 Å². The fraction of sp³-hybridized carbons (Fsp3) is 0.385. The molecule has 10 nitrogen and oxygen atoms in total. The van der Waals surface area contributed by atoms with Crippen LogP contribution in [0.4, 0.5) is 0 Å². The van der Waals surface area contributed by atoms with Gasteiger partial charge in [-0.25, -0.2) is 13.1 Å². The predicted octanol–water partition coefficient (Wildman–Crippen LogP) is 0.165. The van der Waals surface area contributed by atoms with Gasteiger partial charge in [-0.1, -0.05) is 11.6 Å². The number of sulfonamides is 1. The Morgan fingerprint density at radius 1 is 1.36 bits per heavy atom. The van der Waals surface area contributed by atoms with Gasteiger partial charge in [-0.2, -0.15) is 4.80 Å². The van der Waals surface area contributed by atoms with Crippen molar-refractivity contribution in [2.75, 3.05) is 20.3 Å². The van der Waals surface area contributed by atoms with Crippen LogP contribution in [0.3, 0.4) is 0 Å². The minimum Gasteiger partial charge on any atom is -0.490 e. The highest BCUT2D eigenvalue weighted by Crippen LogP contribution is 2.27. The van der Waals surface area contributed by atoms with Gasteiger partial charge in [-0.3, -0.25) is 4.79 Å². The molecule has 25 heavy (non-hydrogen) atoms. The van der Waals surface area contributed by atoms with Crippen LogP contribution in [-0.2, 0) is 26.1 Å². The van der Waals surface area contributed by atoms with E-state index in [4.69, 9.17) is 21.1 Å². The number of nitrogens with zero attached hydrogens (tertiary/aromatic N) is 4. The average molecular weight is 390 g/mol. The number of rotatable bonds is 8. The number of aromatic nitrogens is 4. The first-order valence-electron chi connectivity index (χ1n) is 7.03. The fourth-order valence-electron chi connectivity index (χ4n) is 1.80. The number of aryl methyl sites for hydroxylation is 1. The highest BCUT2D eigenvalue weighted by molar-refractivity contribution is 7.90. The summed E-state index contributed by atoms with van der Waals surface area (Å²) >= 11 is 5.86. The number of tetrazole rings is 1. The second kappa shape index (κ2) is 8.23. The number of nitrogens with one attached hydrogen (secondary N) is 1. The van der Waals surface area contributed by atoms with Crippen molar-refractivity contribution in [3.8, 4) is 5.75 Å². The third-order valence-electron chi connectivity index (χ3n) is 2.83. The number of amides is 1. The maximum Gasteiger partial charge on any atom is 0.267 e. The van der Waals surface area contributed by atoms with E-state index in [1.54, 1.807) is 6.92 Å². The SMILES string of the molecule is COCCOc1ccc(Cl)cc1S(=O)(=O)NC(=O)Cn1nnc(C)n1. The molecule has 1 N–H and O–H groups in total. The second-order valence-electron chi connectivity index (χ2n) is 4.83. The lowest BCUT2D eigenvalue weighted by Gasteiger charge is -2.13. The van der Waals surface area contributed by atoms with Gasteiger partial charge < -0.3 is 9.47 Å². The maximum atomic E-state index is 12.5. The lowest BCUT2D eigenvalue weighted by Crippen LogP contribution is -2.34. The average Bonchev–Trinajstić information content (AvgIpc) is 2.93. The summed E-state index contributed by atoms with van der Waals surface area (Å²) in [7, 11) is -2.71. The molecule has 0 aliphatic heterocycles. The number of carbonyl (C=O) groups is 1. The van der Waals surface area contributed by atoms with Gasteiger partial charge in [0.2, 0.25) is 0 Å². The van der Waals surface area contributed by atoms with Crippen LogP contribution in [0.2, 0.25) is 5.02 Å². The number of carbonyl (C=O) groups excluding carboxylic acids is 1. The molecular formula is C13H16ClN5O5S. The van der Waals surface area contributed by atoms with Gasteiger partial charge in [0.25, 0.3) is 15.9 Å². The van der Waals surface area contributed by atoms with E-state index in [0.717, 1.165) is 4.80 Å². The summed E-state index contributed by atoms with van der Waals surface area (Å²) in [6.07, 6.45) is 0. The molecule has 0 spiro atoms. The number of benzene rings is 1. The molecule has 136 valence electrons. The Balaban J connectivity index is 2.17. The van der Waals surface area contributed by atoms with Crippen LogP contribution >= 0.6 is 11.6 Å². The van der Waals surface area contributed by atoms with Crippen molar-refractivity contribution in [1.29, 1.82) is 0 Å². The molecule has 1 aromatic heterocycles. The predicted molar refractivity (Wildman–Crippen MR) is 86.7 cm³/mol. The van der Waals surface area contributed by atoms with Crippen molar-refractivity contribution in [2.24, 2.45) is 0 Å². The molecule has 0 aliphatic carbocycles. The quantitative estimate of drug-likeness (QED) is 0.633. The molecule has 0 bridgehead atoms. The molecule has 2 rings (SSSR count). The topological polar surface area (TPSA) is 125 Å². The van der Waals surface area contributed by atoms with Crippen molar-refractivity contribution in [3.63, 3.8) is 0 Å². The first-order chi connectivity index (χ1) is 11.8. The summed E-state index contributed by atoms with van der Waals surface area (Å²) in [4.78, 5) is 12.7. The van der Waals surface area contributed by atoms with Crippen molar-refractivity contribution in [1.82, 2.24) is 24.9 Å². The van der Waals surface area contributed by atoms with Crippen LogP contribution in [0.5, 0.6) is 5.75 Å². The van der Waals surface area contributed by atoms with Gasteiger partial charge in [-0.15, -0.1) is 10.2 Å². The van der Waals surface area contributed by atoms with Crippen LogP contribution in [-0.4, -0.2) is 54.9 Å². The van der Waals surface area contributed by atoms with Crippen molar-refractivity contribution < 1.29 is 22.7 Å². The minimum atomic E-state index is -4.20. The van der Waals surface area contributed by atoms with Gasteiger partial charge in [0.1, 0.15) is 23.8 Å². The van der Waals surface area contributed by atoms with Gasteiger partial charge >= 0.3 is 0 Å². The third kappa shape index (κ3) is 5.37. The largest absolute Gasteiger partial charge is 0.490 e. The van der Waals surface area contributed by atoms with E-state index in [9.17, 15) is 13.2 Å². The third-order valence-corrected chi connectivity index (χ3v) is 4.46. The molecule has 0 atom stereocenters. The molecule has 2 aromatic rings. The smallest absolute Gasteiger partial charge is 0.267 e. The van der Waals surface area contributed by atoms with Crippen molar-refractivity contribution in [3.05, 3.63) is 29.0 Å². The first kappa shape index (κ1) is 19.1. The Morgan fingerprint density at radius 3 is 2.76 bits per heavy atom. The van der Waals surface area contributed by atoms with E-state index in [1.165, 1.54) is 25.3 Å². The number of ether oxygens (including phenoxy) is 2. The first-order valence-corrected chi connectivity index (χ1v) is 8.89. The molecule has 0 saturated carbocycles. The van der Waals surface area contributed by atoms with Crippen molar-refractivity contribution >= 4 is 27.5 Å². The van der Waals surface area contributed by atoms with Gasteiger partial charge in [-0.05, 0) is 30.3 Å². The molecule has 1 aromatic carbocycles. The standard InChI is InChI=1S/C13H16ClN5O5S/c1-9-15-18-19(16-9)8-13(20)17-25(21,22)12-7-10(14)3-4-11(12)24-6-5-23-2/h3-4,7H,5-6,8H2,1-2H3,(H,17,20). The van der Waals surface area contributed by atoms with Crippen LogP contribution in [0.1, 0.15) is 5.82 Å². The maximum absolute atomic E-state index is 12.5. The van der Waals surface area contributed by atoms with E-state index in [1.807, 2.05) is 4.72 Å². The summed E-state index contributed by atoms with van der Waals surface area (Å²) in [6, 6.07) is 4.07. The van der Waals surface area contributed by atoms with Gasteiger partial charge in [0.05, 0.1) is 6.61 Å². The zero-order valence-electron chi connectivity index (χ0n) is 13.5. The summed E-state index contributed by atoms with van der Waals surface area (Å²) in [5.74, 6) is -0.420. The molecule has 1 amide bonds. The summed E-state index contributed by atoms with van der Waals surface area (Å²) < 4.78 is 37.1. The number of methoxy groups -OCH3 is 1.